The third kappa shape index (κ3) is 3.92. The number of benzene rings is 1. The molecule has 1 fully saturated rings. The highest BCUT2D eigenvalue weighted by Crippen LogP contribution is 2.23. The summed E-state index contributed by atoms with van der Waals surface area (Å²) in [5.41, 5.74) is 0.252. The van der Waals surface area contributed by atoms with Gasteiger partial charge in [-0.25, -0.2) is 13.8 Å². The molecule has 28 heavy (non-hydrogen) atoms. The molecular weight excluding hydrogens is 370 g/mol. The first-order valence-electron chi connectivity index (χ1n) is 9.00. The minimum Gasteiger partial charge on any atom is -0.473 e. The molecule has 0 N–H and O–H groups in total. The van der Waals surface area contributed by atoms with E-state index in [9.17, 15) is 13.6 Å². The van der Waals surface area contributed by atoms with Gasteiger partial charge >= 0.3 is 0 Å². The lowest BCUT2D eigenvalue weighted by Gasteiger charge is -2.32. The molecule has 0 saturated carbocycles. The van der Waals surface area contributed by atoms with Crippen molar-refractivity contribution in [1.82, 2.24) is 14.9 Å². The van der Waals surface area contributed by atoms with Gasteiger partial charge in [0.15, 0.2) is 0 Å². The van der Waals surface area contributed by atoms with E-state index in [0.29, 0.717) is 31.8 Å². The van der Waals surface area contributed by atoms with Crippen LogP contribution >= 0.6 is 0 Å². The summed E-state index contributed by atoms with van der Waals surface area (Å²) in [6.45, 7) is 1.01. The van der Waals surface area contributed by atoms with E-state index in [1.54, 1.807) is 23.5 Å². The summed E-state index contributed by atoms with van der Waals surface area (Å²) in [4.78, 5) is 27.6. The number of rotatable bonds is 4. The molecule has 3 heterocycles. The van der Waals surface area contributed by atoms with Gasteiger partial charge in [-0.3, -0.25) is 9.78 Å². The Balaban J connectivity index is 1.31. The van der Waals surface area contributed by atoms with Crippen LogP contribution in [0.15, 0.2) is 41.9 Å². The molecule has 0 aliphatic carbocycles. The third-order valence-corrected chi connectivity index (χ3v) is 4.76. The second-order valence-corrected chi connectivity index (χ2v) is 6.65. The molecule has 1 amide bonds. The lowest BCUT2D eigenvalue weighted by molar-refractivity contribution is -0.143. The highest BCUT2D eigenvalue weighted by Gasteiger charge is 2.35. The molecule has 0 unspecified atom stereocenters. The Morgan fingerprint density at radius 3 is 2.79 bits per heavy atom. The topological polar surface area (TPSA) is 76.9 Å². The molecule has 0 bridgehead atoms. The molecule has 0 radical (unpaired) electrons. The minimum atomic E-state index is -0.824. The number of ether oxygens (including phenoxy) is 1. The van der Waals surface area contributed by atoms with Crippen LogP contribution in [0.25, 0.3) is 0 Å². The van der Waals surface area contributed by atoms with Crippen molar-refractivity contribution in [3.63, 3.8) is 0 Å². The van der Waals surface area contributed by atoms with E-state index in [1.165, 1.54) is 0 Å². The van der Waals surface area contributed by atoms with E-state index in [0.717, 1.165) is 18.2 Å². The molecule has 4 rings (SSSR count). The fourth-order valence-corrected chi connectivity index (χ4v) is 3.30. The molecule has 1 atom stereocenters. The lowest BCUT2D eigenvalue weighted by Crippen LogP contribution is -2.46. The smallest absolute Gasteiger partial charge is 0.266 e. The van der Waals surface area contributed by atoms with E-state index < -0.39 is 17.7 Å². The van der Waals surface area contributed by atoms with Gasteiger partial charge in [-0.05, 0) is 18.2 Å². The first kappa shape index (κ1) is 18.3. The fourth-order valence-electron chi connectivity index (χ4n) is 3.30. The van der Waals surface area contributed by atoms with Crippen LogP contribution in [0.1, 0.15) is 24.8 Å². The number of hydrogen-bond acceptors (Lipinski definition) is 6. The monoisotopic (exact) mass is 388 g/mol. The quantitative estimate of drug-likeness (QED) is 0.803. The van der Waals surface area contributed by atoms with Crippen molar-refractivity contribution in [3.8, 4) is 5.88 Å². The van der Waals surface area contributed by atoms with Gasteiger partial charge in [-0.2, -0.15) is 0 Å². The van der Waals surface area contributed by atoms with Crippen LogP contribution in [0, 0.1) is 11.6 Å². The summed E-state index contributed by atoms with van der Waals surface area (Å²) in [7, 11) is 0. The number of halogens is 2. The Kier molecular flexibility index (Phi) is 5.14. The van der Waals surface area contributed by atoms with Crippen LogP contribution in [-0.2, 0) is 9.63 Å². The molecule has 0 spiro atoms. The van der Waals surface area contributed by atoms with E-state index >= 15 is 0 Å². The maximum atomic E-state index is 13.9. The molecule has 146 valence electrons. The zero-order chi connectivity index (χ0) is 19.5. The number of hydrogen-bond donors (Lipinski definition) is 0. The predicted octanol–water partition coefficient (Wildman–Crippen LogP) is 2.32. The second-order valence-electron chi connectivity index (χ2n) is 6.65. The maximum absolute atomic E-state index is 13.9. The summed E-state index contributed by atoms with van der Waals surface area (Å²) in [6.07, 6.45) is 5.23. The summed E-state index contributed by atoms with van der Waals surface area (Å²) < 4.78 is 33.1. The molecule has 2 aliphatic rings. The van der Waals surface area contributed by atoms with E-state index in [-0.39, 0.29) is 29.7 Å². The van der Waals surface area contributed by atoms with Gasteiger partial charge in [0, 0.05) is 50.3 Å². The van der Waals surface area contributed by atoms with Gasteiger partial charge in [0.2, 0.25) is 12.0 Å². The average Bonchev–Trinajstić information content (AvgIpc) is 3.21. The van der Waals surface area contributed by atoms with Gasteiger partial charge in [0.1, 0.15) is 17.7 Å². The van der Waals surface area contributed by atoms with Crippen LogP contribution in [0.3, 0.4) is 0 Å². The van der Waals surface area contributed by atoms with Crippen molar-refractivity contribution in [2.24, 2.45) is 5.16 Å². The molecule has 1 aromatic carbocycles. The van der Waals surface area contributed by atoms with E-state index in [1.807, 2.05) is 0 Å². The standard InChI is InChI=1S/C19H18F2N4O3/c20-12-1-2-15(21)14(9-12)16-10-17(28-24-16)19(26)25-7-3-13(4-8-25)27-18-11-22-5-6-23-18/h1-2,5-6,9,11,13,17H,3-4,7-8,10H2/t17-/m1/s1. The Bertz CT molecular complexity index is 886. The molecule has 1 saturated heterocycles. The highest BCUT2D eigenvalue weighted by molar-refractivity contribution is 6.04. The molecule has 1 aromatic heterocycles. The number of aromatic nitrogens is 2. The number of carbonyl (C=O) groups excluding carboxylic acids is 1. The zero-order valence-electron chi connectivity index (χ0n) is 14.9. The first-order valence-corrected chi connectivity index (χ1v) is 9.00. The maximum Gasteiger partial charge on any atom is 0.266 e. The first-order chi connectivity index (χ1) is 13.6. The van der Waals surface area contributed by atoms with E-state index in [4.69, 9.17) is 9.57 Å². The van der Waals surface area contributed by atoms with Crippen molar-refractivity contribution in [3.05, 3.63) is 54.0 Å². The number of oxime groups is 1. The molecule has 9 heteroatoms. The van der Waals surface area contributed by atoms with Crippen molar-refractivity contribution in [2.45, 2.75) is 31.5 Å². The molecule has 2 aromatic rings. The van der Waals surface area contributed by atoms with Gasteiger partial charge in [-0.1, -0.05) is 5.16 Å². The number of nitrogens with zero attached hydrogens (tertiary/aromatic N) is 4. The average molecular weight is 388 g/mol. The van der Waals surface area contributed by atoms with Crippen LogP contribution in [0.2, 0.25) is 0 Å². The molecular formula is C19H18F2N4O3. The third-order valence-electron chi connectivity index (χ3n) is 4.76. The zero-order valence-corrected chi connectivity index (χ0v) is 14.9. The van der Waals surface area contributed by atoms with Crippen molar-refractivity contribution < 1.29 is 23.1 Å². The normalized spacial score (nSPS) is 19.9. The van der Waals surface area contributed by atoms with Crippen LogP contribution in [-0.4, -0.2) is 51.8 Å². The predicted molar refractivity (Wildman–Crippen MR) is 94.6 cm³/mol. The Hall–Kier alpha value is -3.10. The Morgan fingerprint density at radius 1 is 1.21 bits per heavy atom. The van der Waals surface area contributed by atoms with Crippen molar-refractivity contribution in [1.29, 1.82) is 0 Å². The van der Waals surface area contributed by atoms with Gasteiger partial charge < -0.3 is 14.5 Å². The minimum absolute atomic E-state index is 0.0198. The van der Waals surface area contributed by atoms with Crippen molar-refractivity contribution in [2.75, 3.05) is 13.1 Å². The van der Waals surface area contributed by atoms with Crippen molar-refractivity contribution >= 4 is 11.6 Å². The summed E-state index contributed by atoms with van der Waals surface area (Å²) in [6, 6.07) is 3.12. The summed E-state index contributed by atoms with van der Waals surface area (Å²) in [5, 5.41) is 3.80. The lowest BCUT2D eigenvalue weighted by atomic mass is 10.0. The summed E-state index contributed by atoms with van der Waals surface area (Å²) >= 11 is 0. The van der Waals surface area contributed by atoms with Gasteiger partial charge in [0.25, 0.3) is 5.91 Å². The Labute approximate surface area is 160 Å². The number of piperidine rings is 1. The van der Waals surface area contributed by atoms with E-state index in [2.05, 4.69) is 15.1 Å². The van der Waals surface area contributed by atoms with Gasteiger partial charge in [0.05, 0.1) is 11.9 Å². The van der Waals surface area contributed by atoms with Crippen LogP contribution < -0.4 is 4.74 Å². The number of amides is 1. The van der Waals surface area contributed by atoms with Crippen LogP contribution in [0.4, 0.5) is 8.78 Å². The largest absolute Gasteiger partial charge is 0.473 e. The highest BCUT2D eigenvalue weighted by atomic mass is 19.1. The summed E-state index contributed by atoms with van der Waals surface area (Å²) in [5.74, 6) is -0.923. The second kappa shape index (κ2) is 7.87. The molecule has 2 aliphatic heterocycles. The SMILES string of the molecule is O=C([C@H]1CC(c2cc(F)ccc2F)=NO1)N1CCC(Oc2cnccn2)CC1. The Morgan fingerprint density at radius 2 is 2.04 bits per heavy atom. The molecule has 7 nitrogen and oxygen atoms in total. The number of carbonyl (C=O) groups is 1. The van der Waals surface area contributed by atoms with Gasteiger partial charge in [-0.15, -0.1) is 0 Å². The number of likely N-dealkylation sites (tertiary alicyclic amines) is 1. The fraction of sp³-hybridized carbons (Fsp3) is 0.368. The van der Waals surface area contributed by atoms with Crippen LogP contribution in [0.5, 0.6) is 5.88 Å².